The molecule has 1 saturated heterocycles. The molecule has 0 amide bonds. The lowest BCUT2D eigenvalue weighted by Crippen LogP contribution is -2.27. The summed E-state index contributed by atoms with van der Waals surface area (Å²) in [4.78, 5) is 5.98. The Hall–Kier alpha value is -1.20. The first kappa shape index (κ1) is 12.8. The number of hydrogen-bond acceptors (Lipinski definition) is 5. The summed E-state index contributed by atoms with van der Waals surface area (Å²) in [7, 11) is 0. The second-order valence-electron chi connectivity index (χ2n) is 5.00. The van der Waals surface area contributed by atoms with E-state index in [1.165, 1.54) is 4.88 Å². The van der Waals surface area contributed by atoms with E-state index in [2.05, 4.69) is 33.0 Å². The normalized spacial score (nSPS) is 16.8. The molecular formula is C14H19N3OS. The Morgan fingerprint density at radius 1 is 1.32 bits per heavy atom. The molecule has 19 heavy (non-hydrogen) atoms. The monoisotopic (exact) mass is 277 g/mol. The first-order valence-electron chi connectivity index (χ1n) is 6.97. The van der Waals surface area contributed by atoms with Gasteiger partial charge < -0.3 is 9.84 Å². The largest absolute Gasteiger partial charge is 0.339 e. The van der Waals surface area contributed by atoms with Crippen molar-refractivity contribution in [2.45, 2.75) is 38.0 Å². The van der Waals surface area contributed by atoms with Gasteiger partial charge in [0.15, 0.2) is 5.82 Å². The van der Waals surface area contributed by atoms with Crippen LogP contribution in [0.25, 0.3) is 0 Å². The topological polar surface area (TPSA) is 51.0 Å². The molecule has 0 bridgehead atoms. The quantitative estimate of drug-likeness (QED) is 0.913. The fourth-order valence-electron chi connectivity index (χ4n) is 2.48. The van der Waals surface area contributed by atoms with Crippen LogP contribution in [0, 0.1) is 0 Å². The van der Waals surface area contributed by atoms with Crippen LogP contribution in [0.4, 0.5) is 0 Å². The highest BCUT2D eigenvalue weighted by molar-refractivity contribution is 7.09. The predicted octanol–water partition coefficient (Wildman–Crippen LogP) is 2.77. The van der Waals surface area contributed by atoms with E-state index in [-0.39, 0.29) is 0 Å². The molecule has 0 unspecified atom stereocenters. The van der Waals surface area contributed by atoms with Crippen molar-refractivity contribution in [1.82, 2.24) is 15.5 Å². The highest BCUT2D eigenvalue weighted by atomic mass is 32.1. The van der Waals surface area contributed by atoms with Crippen molar-refractivity contribution in [3.05, 3.63) is 34.1 Å². The fourth-order valence-corrected chi connectivity index (χ4v) is 3.24. The van der Waals surface area contributed by atoms with Crippen LogP contribution in [0.2, 0.25) is 0 Å². The summed E-state index contributed by atoms with van der Waals surface area (Å²) in [5, 5.41) is 9.62. The molecule has 4 nitrogen and oxygen atoms in total. The van der Waals surface area contributed by atoms with Gasteiger partial charge in [0.05, 0.1) is 0 Å². The molecule has 1 aliphatic rings. The number of nitrogens with zero attached hydrogens (tertiary/aromatic N) is 2. The van der Waals surface area contributed by atoms with E-state index in [1.807, 2.05) is 11.3 Å². The molecule has 3 rings (SSSR count). The van der Waals surface area contributed by atoms with Gasteiger partial charge in [0.25, 0.3) is 0 Å². The molecule has 3 heterocycles. The van der Waals surface area contributed by atoms with Gasteiger partial charge in [-0.2, -0.15) is 4.98 Å². The van der Waals surface area contributed by atoms with Crippen molar-refractivity contribution in [2.75, 3.05) is 13.1 Å². The maximum atomic E-state index is 5.36. The lowest BCUT2D eigenvalue weighted by Gasteiger charge is -2.18. The molecule has 0 saturated carbocycles. The van der Waals surface area contributed by atoms with E-state index >= 15 is 0 Å². The van der Waals surface area contributed by atoms with Crippen molar-refractivity contribution < 1.29 is 4.52 Å². The average Bonchev–Trinajstić information content (AvgIpc) is 3.11. The summed E-state index contributed by atoms with van der Waals surface area (Å²) >= 11 is 1.81. The Balaban J connectivity index is 1.50. The van der Waals surface area contributed by atoms with Crippen LogP contribution in [0.3, 0.4) is 0 Å². The smallest absolute Gasteiger partial charge is 0.226 e. The van der Waals surface area contributed by atoms with Crippen LogP contribution in [0.1, 0.15) is 41.8 Å². The van der Waals surface area contributed by atoms with E-state index in [0.29, 0.717) is 5.92 Å². The summed E-state index contributed by atoms with van der Waals surface area (Å²) in [5.74, 6) is 2.19. The third-order valence-corrected chi connectivity index (χ3v) is 4.52. The van der Waals surface area contributed by atoms with Crippen molar-refractivity contribution in [1.29, 1.82) is 0 Å². The molecular weight excluding hydrogens is 258 g/mol. The van der Waals surface area contributed by atoms with Gasteiger partial charge in [0.2, 0.25) is 5.89 Å². The summed E-state index contributed by atoms with van der Waals surface area (Å²) in [5.41, 5.74) is 0. The van der Waals surface area contributed by atoms with E-state index in [9.17, 15) is 0 Å². The summed E-state index contributed by atoms with van der Waals surface area (Å²) < 4.78 is 5.36. The Morgan fingerprint density at radius 2 is 2.21 bits per heavy atom. The second-order valence-corrected chi connectivity index (χ2v) is 6.04. The molecule has 1 fully saturated rings. The molecule has 0 aromatic carbocycles. The van der Waals surface area contributed by atoms with Gasteiger partial charge in [0.1, 0.15) is 0 Å². The second kappa shape index (κ2) is 6.30. The van der Waals surface area contributed by atoms with Crippen LogP contribution in [0.15, 0.2) is 22.0 Å². The van der Waals surface area contributed by atoms with Crippen LogP contribution >= 0.6 is 11.3 Å². The lowest BCUT2D eigenvalue weighted by molar-refractivity contribution is 0.359. The number of aryl methyl sites for hydroxylation is 2. The molecule has 1 N–H and O–H groups in total. The fraction of sp³-hybridized carbons (Fsp3) is 0.571. The zero-order valence-electron chi connectivity index (χ0n) is 11.0. The summed E-state index contributed by atoms with van der Waals surface area (Å²) in [6.07, 6.45) is 5.30. The van der Waals surface area contributed by atoms with Crippen LogP contribution in [0.5, 0.6) is 0 Å². The molecule has 0 spiro atoms. The first-order chi connectivity index (χ1) is 9.42. The van der Waals surface area contributed by atoms with Crippen molar-refractivity contribution in [3.63, 3.8) is 0 Å². The predicted molar refractivity (Wildman–Crippen MR) is 75.5 cm³/mol. The minimum absolute atomic E-state index is 0.482. The van der Waals surface area contributed by atoms with E-state index < -0.39 is 0 Å². The number of aromatic nitrogens is 2. The van der Waals surface area contributed by atoms with Gasteiger partial charge >= 0.3 is 0 Å². The Bertz CT molecular complexity index is 489. The maximum Gasteiger partial charge on any atom is 0.226 e. The van der Waals surface area contributed by atoms with Gasteiger partial charge in [0, 0.05) is 17.2 Å². The molecule has 0 aliphatic carbocycles. The van der Waals surface area contributed by atoms with Crippen molar-refractivity contribution >= 4 is 11.3 Å². The Morgan fingerprint density at radius 3 is 3.00 bits per heavy atom. The number of hydrogen-bond donors (Lipinski definition) is 1. The zero-order chi connectivity index (χ0) is 12.9. The van der Waals surface area contributed by atoms with Crippen LogP contribution in [-0.2, 0) is 12.8 Å². The lowest BCUT2D eigenvalue weighted by atomic mass is 9.98. The van der Waals surface area contributed by atoms with Gasteiger partial charge in [-0.25, -0.2) is 0 Å². The third kappa shape index (κ3) is 3.42. The SMILES string of the molecule is c1csc(CCCc2nc(C3CCNCC3)no2)c1. The number of rotatable bonds is 5. The van der Waals surface area contributed by atoms with Gasteiger partial charge in [-0.05, 0) is 50.2 Å². The average molecular weight is 277 g/mol. The molecule has 1 aliphatic heterocycles. The molecule has 102 valence electrons. The molecule has 2 aromatic heterocycles. The maximum absolute atomic E-state index is 5.36. The molecule has 0 atom stereocenters. The zero-order valence-corrected chi connectivity index (χ0v) is 11.8. The Kier molecular flexibility index (Phi) is 4.25. The Labute approximate surface area is 117 Å². The minimum Gasteiger partial charge on any atom is -0.339 e. The van der Waals surface area contributed by atoms with Crippen LogP contribution < -0.4 is 5.32 Å². The highest BCUT2D eigenvalue weighted by Crippen LogP contribution is 2.22. The van der Waals surface area contributed by atoms with E-state index in [0.717, 1.165) is 56.9 Å². The van der Waals surface area contributed by atoms with Crippen molar-refractivity contribution in [2.24, 2.45) is 0 Å². The number of piperidine rings is 1. The highest BCUT2D eigenvalue weighted by Gasteiger charge is 2.20. The van der Waals surface area contributed by atoms with Gasteiger partial charge in [-0.1, -0.05) is 11.2 Å². The van der Waals surface area contributed by atoms with E-state index in [1.54, 1.807) is 0 Å². The third-order valence-electron chi connectivity index (χ3n) is 3.58. The van der Waals surface area contributed by atoms with Crippen molar-refractivity contribution in [3.8, 4) is 0 Å². The van der Waals surface area contributed by atoms with Gasteiger partial charge in [-0.15, -0.1) is 11.3 Å². The van der Waals surface area contributed by atoms with Gasteiger partial charge in [-0.3, -0.25) is 0 Å². The first-order valence-corrected chi connectivity index (χ1v) is 7.85. The molecule has 5 heteroatoms. The van der Waals surface area contributed by atoms with Crippen LogP contribution in [-0.4, -0.2) is 23.2 Å². The number of thiophene rings is 1. The standard InChI is InChI=1S/C14H19N3OS/c1(3-12-4-2-10-19-12)5-13-16-14(17-18-13)11-6-8-15-9-7-11/h2,4,10-11,15H,1,3,5-9H2. The molecule has 0 radical (unpaired) electrons. The number of nitrogens with one attached hydrogen (secondary N) is 1. The summed E-state index contributed by atoms with van der Waals surface area (Å²) in [6, 6.07) is 4.28. The van der Waals surface area contributed by atoms with E-state index in [4.69, 9.17) is 4.52 Å². The molecule has 2 aromatic rings. The summed E-state index contributed by atoms with van der Waals surface area (Å²) in [6.45, 7) is 2.12. The minimum atomic E-state index is 0.482.